The highest BCUT2D eigenvalue weighted by atomic mass is 16.3. The minimum absolute atomic E-state index is 0.326. The smallest absolute Gasteiger partial charge is 0.128 e. The van der Waals surface area contributed by atoms with Crippen molar-refractivity contribution in [3.8, 4) is 0 Å². The van der Waals surface area contributed by atoms with Gasteiger partial charge in [-0.25, -0.2) is 4.98 Å². The fraction of sp³-hybridized carbons (Fsp3) is 0.500. The third kappa shape index (κ3) is 3.03. The van der Waals surface area contributed by atoms with Gasteiger partial charge < -0.3 is 10.0 Å². The number of aliphatic hydroxyl groups is 1. The second kappa shape index (κ2) is 4.23. The molecule has 0 radical (unpaired) electrons. The van der Waals surface area contributed by atoms with Crippen molar-refractivity contribution in [1.29, 1.82) is 0 Å². The van der Waals surface area contributed by atoms with E-state index >= 15 is 0 Å². The van der Waals surface area contributed by atoms with Crippen LogP contribution in [0.15, 0.2) is 18.3 Å². The lowest BCUT2D eigenvalue weighted by Gasteiger charge is -2.19. The van der Waals surface area contributed by atoms with Crippen LogP contribution in [-0.2, 0) is 0 Å². The summed E-state index contributed by atoms with van der Waals surface area (Å²) in [6, 6.07) is 3.97. The molecule has 0 fully saturated rings. The van der Waals surface area contributed by atoms with Crippen LogP contribution in [0.3, 0.4) is 0 Å². The number of aromatic nitrogens is 1. The molecule has 1 heterocycles. The molecule has 0 amide bonds. The van der Waals surface area contributed by atoms with Gasteiger partial charge in [0.05, 0.1) is 6.10 Å². The van der Waals surface area contributed by atoms with E-state index in [9.17, 15) is 0 Å². The first kappa shape index (κ1) is 9.99. The van der Waals surface area contributed by atoms with Crippen molar-refractivity contribution in [2.24, 2.45) is 0 Å². The van der Waals surface area contributed by atoms with Crippen molar-refractivity contribution in [3.05, 3.63) is 23.9 Å². The first-order chi connectivity index (χ1) is 6.09. The third-order valence-corrected chi connectivity index (χ3v) is 1.82. The van der Waals surface area contributed by atoms with Crippen molar-refractivity contribution in [1.82, 2.24) is 4.98 Å². The largest absolute Gasteiger partial charge is 0.392 e. The summed E-state index contributed by atoms with van der Waals surface area (Å²) in [5.41, 5.74) is 1.15. The Labute approximate surface area is 79.0 Å². The number of hydrogen-bond acceptors (Lipinski definition) is 3. The molecule has 0 bridgehead atoms. The van der Waals surface area contributed by atoms with E-state index in [2.05, 4.69) is 4.98 Å². The normalized spacial score (nSPS) is 12.6. The van der Waals surface area contributed by atoms with Gasteiger partial charge >= 0.3 is 0 Å². The Morgan fingerprint density at radius 2 is 2.23 bits per heavy atom. The lowest BCUT2D eigenvalue weighted by Crippen LogP contribution is -2.27. The van der Waals surface area contributed by atoms with Gasteiger partial charge in [0.15, 0.2) is 0 Å². The average Bonchev–Trinajstić information content (AvgIpc) is 2.04. The molecule has 0 saturated carbocycles. The Bertz CT molecular complexity index is 256. The zero-order valence-corrected chi connectivity index (χ0v) is 8.36. The van der Waals surface area contributed by atoms with Crippen LogP contribution >= 0.6 is 0 Å². The lowest BCUT2D eigenvalue weighted by atomic mass is 10.3. The Morgan fingerprint density at radius 1 is 1.54 bits per heavy atom. The van der Waals surface area contributed by atoms with Crippen LogP contribution in [0.5, 0.6) is 0 Å². The molecule has 1 N–H and O–H groups in total. The van der Waals surface area contributed by atoms with E-state index in [0.717, 1.165) is 11.4 Å². The molecule has 3 heteroatoms. The highest BCUT2D eigenvalue weighted by Crippen LogP contribution is 2.08. The molecule has 0 saturated heterocycles. The van der Waals surface area contributed by atoms with Crippen molar-refractivity contribution in [2.75, 3.05) is 18.5 Å². The van der Waals surface area contributed by atoms with Gasteiger partial charge in [-0.3, -0.25) is 0 Å². The summed E-state index contributed by atoms with van der Waals surface area (Å²) < 4.78 is 0. The summed E-state index contributed by atoms with van der Waals surface area (Å²) in [4.78, 5) is 6.18. The maximum atomic E-state index is 9.17. The van der Waals surface area contributed by atoms with Gasteiger partial charge in [0.25, 0.3) is 0 Å². The summed E-state index contributed by atoms with van der Waals surface area (Å²) in [7, 11) is 1.92. The van der Waals surface area contributed by atoms with Crippen molar-refractivity contribution in [3.63, 3.8) is 0 Å². The summed E-state index contributed by atoms with van der Waals surface area (Å²) in [6.07, 6.45) is 1.50. The van der Waals surface area contributed by atoms with Gasteiger partial charge in [-0.15, -0.1) is 0 Å². The monoisotopic (exact) mass is 180 g/mol. The van der Waals surface area contributed by atoms with E-state index in [0.29, 0.717) is 6.54 Å². The minimum atomic E-state index is -0.326. The Balaban J connectivity index is 2.66. The van der Waals surface area contributed by atoms with Crippen LogP contribution in [0.4, 0.5) is 5.82 Å². The number of pyridine rings is 1. The molecule has 1 aromatic heterocycles. The van der Waals surface area contributed by atoms with E-state index in [1.165, 1.54) is 0 Å². The zero-order chi connectivity index (χ0) is 9.84. The molecule has 3 nitrogen and oxygen atoms in total. The maximum Gasteiger partial charge on any atom is 0.128 e. The van der Waals surface area contributed by atoms with Crippen LogP contribution < -0.4 is 4.90 Å². The summed E-state index contributed by atoms with van der Waals surface area (Å²) in [5, 5.41) is 9.17. The van der Waals surface area contributed by atoms with E-state index in [1.54, 1.807) is 6.92 Å². The number of rotatable bonds is 3. The molecule has 1 atom stereocenters. The predicted octanol–water partition coefficient (Wildman–Crippen LogP) is 1.21. The first-order valence-corrected chi connectivity index (χ1v) is 4.41. The second-order valence-corrected chi connectivity index (χ2v) is 3.42. The summed E-state index contributed by atoms with van der Waals surface area (Å²) >= 11 is 0. The van der Waals surface area contributed by atoms with Crippen LogP contribution in [0, 0.1) is 6.92 Å². The van der Waals surface area contributed by atoms with Gasteiger partial charge in [-0.2, -0.15) is 0 Å². The number of hydrogen-bond donors (Lipinski definition) is 1. The minimum Gasteiger partial charge on any atom is -0.392 e. The molecule has 0 aliphatic rings. The van der Waals surface area contributed by atoms with Gasteiger partial charge in [-0.05, 0) is 25.5 Å². The van der Waals surface area contributed by atoms with Gasteiger partial charge in [0.1, 0.15) is 5.82 Å². The van der Waals surface area contributed by atoms with Crippen molar-refractivity contribution in [2.45, 2.75) is 20.0 Å². The molecule has 72 valence electrons. The zero-order valence-electron chi connectivity index (χ0n) is 8.36. The fourth-order valence-electron chi connectivity index (χ4n) is 1.18. The highest BCUT2D eigenvalue weighted by Gasteiger charge is 2.04. The molecule has 1 unspecified atom stereocenters. The molecule has 13 heavy (non-hydrogen) atoms. The number of anilines is 1. The molecular formula is C10H16N2O. The summed E-state index contributed by atoms with van der Waals surface area (Å²) in [5.74, 6) is 0.895. The second-order valence-electron chi connectivity index (χ2n) is 3.42. The Kier molecular flexibility index (Phi) is 3.25. The maximum absolute atomic E-state index is 9.17. The quantitative estimate of drug-likeness (QED) is 0.759. The topological polar surface area (TPSA) is 36.4 Å². The van der Waals surface area contributed by atoms with E-state index in [-0.39, 0.29) is 6.10 Å². The third-order valence-electron chi connectivity index (χ3n) is 1.82. The number of aliphatic hydroxyl groups excluding tert-OH is 1. The van der Waals surface area contributed by atoms with E-state index < -0.39 is 0 Å². The van der Waals surface area contributed by atoms with Crippen LogP contribution in [0.2, 0.25) is 0 Å². The number of aryl methyl sites for hydroxylation is 1. The van der Waals surface area contributed by atoms with Crippen molar-refractivity contribution >= 4 is 5.82 Å². The highest BCUT2D eigenvalue weighted by molar-refractivity contribution is 5.38. The number of likely N-dealkylation sites (N-methyl/N-ethyl adjacent to an activating group) is 1. The predicted molar refractivity (Wildman–Crippen MR) is 53.9 cm³/mol. The van der Waals surface area contributed by atoms with Crippen molar-refractivity contribution < 1.29 is 5.11 Å². The van der Waals surface area contributed by atoms with Gasteiger partial charge in [0.2, 0.25) is 0 Å². The van der Waals surface area contributed by atoms with E-state index in [1.807, 2.05) is 37.2 Å². The standard InChI is InChI=1S/C10H16N2O/c1-8-4-5-10(11-6-8)12(3)7-9(2)13/h4-6,9,13H,7H2,1-3H3. The van der Waals surface area contributed by atoms with Crippen LogP contribution in [-0.4, -0.2) is 29.8 Å². The van der Waals surface area contributed by atoms with Gasteiger partial charge in [-0.1, -0.05) is 6.07 Å². The molecular weight excluding hydrogens is 164 g/mol. The molecule has 1 aromatic rings. The summed E-state index contributed by atoms with van der Waals surface area (Å²) in [6.45, 7) is 4.38. The van der Waals surface area contributed by atoms with E-state index in [4.69, 9.17) is 5.11 Å². The first-order valence-electron chi connectivity index (χ1n) is 4.41. The fourth-order valence-corrected chi connectivity index (χ4v) is 1.18. The molecule has 0 aliphatic carbocycles. The lowest BCUT2D eigenvalue weighted by molar-refractivity contribution is 0.201. The molecule has 0 spiro atoms. The van der Waals surface area contributed by atoms with Crippen LogP contribution in [0.25, 0.3) is 0 Å². The number of nitrogens with zero attached hydrogens (tertiary/aromatic N) is 2. The molecule has 0 aliphatic heterocycles. The Hall–Kier alpha value is -1.09. The molecule has 1 rings (SSSR count). The van der Waals surface area contributed by atoms with Crippen LogP contribution in [0.1, 0.15) is 12.5 Å². The van der Waals surface area contributed by atoms with Gasteiger partial charge in [0, 0.05) is 19.8 Å². The Morgan fingerprint density at radius 3 is 2.69 bits per heavy atom. The SMILES string of the molecule is Cc1ccc(N(C)CC(C)O)nc1. The average molecular weight is 180 g/mol. The molecule has 0 aromatic carbocycles.